The predicted octanol–water partition coefficient (Wildman–Crippen LogP) is 3.77. The van der Waals surface area contributed by atoms with E-state index in [2.05, 4.69) is 29.8 Å². The van der Waals surface area contributed by atoms with Crippen molar-refractivity contribution in [2.45, 2.75) is 31.7 Å². The van der Waals surface area contributed by atoms with Gasteiger partial charge in [-0.2, -0.15) is 0 Å². The van der Waals surface area contributed by atoms with Gasteiger partial charge < -0.3 is 9.47 Å². The summed E-state index contributed by atoms with van der Waals surface area (Å²) < 4.78 is 11.0. The molecule has 3 heteroatoms. The largest absolute Gasteiger partial charge is 0.493 e. The van der Waals surface area contributed by atoms with Crippen LogP contribution in [0.1, 0.15) is 25.8 Å². The molecule has 0 bridgehead atoms. The van der Waals surface area contributed by atoms with Crippen LogP contribution in [-0.2, 0) is 5.33 Å². The second-order valence-electron chi connectivity index (χ2n) is 3.46. The van der Waals surface area contributed by atoms with Crippen molar-refractivity contribution < 1.29 is 9.47 Å². The van der Waals surface area contributed by atoms with Gasteiger partial charge in [-0.1, -0.05) is 28.9 Å². The van der Waals surface area contributed by atoms with Crippen LogP contribution >= 0.6 is 15.9 Å². The van der Waals surface area contributed by atoms with E-state index in [1.165, 1.54) is 5.56 Å². The van der Waals surface area contributed by atoms with Crippen molar-refractivity contribution >= 4 is 15.9 Å². The van der Waals surface area contributed by atoms with Crippen molar-refractivity contribution in [2.24, 2.45) is 0 Å². The number of hydrogen-bond donors (Lipinski definition) is 0. The van der Waals surface area contributed by atoms with E-state index >= 15 is 0 Å². The minimum atomic E-state index is 0.212. The van der Waals surface area contributed by atoms with Gasteiger partial charge in [0.25, 0.3) is 0 Å². The van der Waals surface area contributed by atoms with Crippen molar-refractivity contribution in [3.63, 3.8) is 0 Å². The Labute approximate surface area is 99.7 Å². The third-order valence-corrected chi connectivity index (χ3v) is 2.93. The van der Waals surface area contributed by atoms with E-state index in [4.69, 9.17) is 9.47 Å². The first kappa shape index (κ1) is 12.4. The van der Waals surface area contributed by atoms with Gasteiger partial charge in [0.15, 0.2) is 11.5 Å². The zero-order valence-corrected chi connectivity index (χ0v) is 11.0. The first-order chi connectivity index (χ1) is 7.21. The summed E-state index contributed by atoms with van der Waals surface area (Å²) in [4.78, 5) is 0. The lowest BCUT2D eigenvalue weighted by Gasteiger charge is -2.16. The number of benzene rings is 1. The van der Waals surface area contributed by atoms with Crippen LogP contribution in [0.5, 0.6) is 11.5 Å². The third-order valence-electron chi connectivity index (χ3n) is 2.29. The number of rotatable bonds is 5. The standard InChI is InChI=1S/C12H17BrO2/c1-4-9(2)15-12-7-10(8-13)5-6-11(12)14-3/h5-7,9H,4,8H2,1-3H3. The maximum atomic E-state index is 5.78. The number of hydrogen-bond acceptors (Lipinski definition) is 2. The van der Waals surface area contributed by atoms with E-state index in [9.17, 15) is 0 Å². The summed E-state index contributed by atoms with van der Waals surface area (Å²) in [6.45, 7) is 4.16. The fraction of sp³-hybridized carbons (Fsp3) is 0.500. The van der Waals surface area contributed by atoms with Crippen molar-refractivity contribution in [1.29, 1.82) is 0 Å². The van der Waals surface area contributed by atoms with E-state index in [1.54, 1.807) is 7.11 Å². The molecule has 0 saturated carbocycles. The maximum absolute atomic E-state index is 5.78. The van der Waals surface area contributed by atoms with Gasteiger partial charge in [0.1, 0.15) is 0 Å². The topological polar surface area (TPSA) is 18.5 Å². The molecular formula is C12H17BrO2. The summed E-state index contributed by atoms with van der Waals surface area (Å²) in [7, 11) is 1.66. The molecule has 0 aromatic heterocycles. The summed E-state index contributed by atoms with van der Waals surface area (Å²) in [6, 6.07) is 5.98. The molecule has 0 fully saturated rings. The molecule has 84 valence electrons. The monoisotopic (exact) mass is 272 g/mol. The zero-order chi connectivity index (χ0) is 11.3. The quantitative estimate of drug-likeness (QED) is 0.760. The first-order valence-electron chi connectivity index (χ1n) is 5.10. The minimum Gasteiger partial charge on any atom is -0.493 e. The molecule has 0 radical (unpaired) electrons. The smallest absolute Gasteiger partial charge is 0.161 e. The normalized spacial score (nSPS) is 12.3. The Morgan fingerprint density at radius 2 is 2.07 bits per heavy atom. The highest BCUT2D eigenvalue weighted by Gasteiger charge is 2.08. The van der Waals surface area contributed by atoms with Crippen molar-refractivity contribution in [3.05, 3.63) is 23.8 Å². The van der Waals surface area contributed by atoms with Crippen LogP contribution in [-0.4, -0.2) is 13.2 Å². The number of methoxy groups -OCH3 is 1. The molecule has 0 aliphatic heterocycles. The number of halogens is 1. The molecule has 0 heterocycles. The Balaban J connectivity index is 2.90. The van der Waals surface area contributed by atoms with Gasteiger partial charge in [0.05, 0.1) is 13.2 Å². The van der Waals surface area contributed by atoms with Crippen molar-refractivity contribution in [2.75, 3.05) is 7.11 Å². The van der Waals surface area contributed by atoms with Gasteiger partial charge in [-0.05, 0) is 31.0 Å². The molecule has 15 heavy (non-hydrogen) atoms. The molecule has 1 rings (SSSR count). The Bertz CT molecular complexity index is 312. The molecule has 0 spiro atoms. The van der Waals surface area contributed by atoms with Gasteiger partial charge >= 0.3 is 0 Å². The lowest BCUT2D eigenvalue weighted by molar-refractivity contribution is 0.207. The molecule has 1 aromatic carbocycles. The second-order valence-corrected chi connectivity index (χ2v) is 4.02. The molecule has 0 amide bonds. The van der Waals surface area contributed by atoms with E-state index in [-0.39, 0.29) is 6.10 Å². The van der Waals surface area contributed by atoms with E-state index < -0.39 is 0 Å². The highest BCUT2D eigenvalue weighted by molar-refractivity contribution is 9.08. The number of ether oxygens (including phenoxy) is 2. The van der Waals surface area contributed by atoms with Crippen LogP contribution in [0.2, 0.25) is 0 Å². The van der Waals surface area contributed by atoms with Gasteiger partial charge in [-0.25, -0.2) is 0 Å². The summed E-state index contributed by atoms with van der Waals surface area (Å²) >= 11 is 3.43. The first-order valence-corrected chi connectivity index (χ1v) is 6.23. The van der Waals surface area contributed by atoms with Crippen molar-refractivity contribution in [3.8, 4) is 11.5 Å². The van der Waals surface area contributed by atoms with Gasteiger partial charge in [-0.3, -0.25) is 0 Å². The van der Waals surface area contributed by atoms with Crippen molar-refractivity contribution in [1.82, 2.24) is 0 Å². The Morgan fingerprint density at radius 3 is 2.60 bits per heavy atom. The van der Waals surface area contributed by atoms with Gasteiger partial charge in [0.2, 0.25) is 0 Å². The molecule has 0 N–H and O–H groups in total. The van der Waals surface area contributed by atoms with Gasteiger partial charge in [0, 0.05) is 5.33 Å². The van der Waals surface area contributed by atoms with Crippen LogP contribution in [0.4, 0.5) is 0 Å². The third kappa shape index (κ3) is 3.42. The lowest BCUT2D eigenvalue weighted by Crippen LogP contribution is -2.10. The lowest BCUT2D eigenvalue weighted by atomic mass is 10.2. The zero-order valence-electron chi connectivity index (χ0n) is 9.42. The second kappa shape index (κ2) is 6.01. The van der Waals surface area contributed by atoms with E-state index in [0.717, 1.165) is 23.2 Å². The highest BCUT2D eigenvalue weighted by Crippen LogP contribution is 2.29. The Morgan fingerprint density at radius 1 is 1.33 bits per heavy atom. The fourth-order valence-electron chi connectivity index (χ4n) is 1.20. The van der Waals surface area contributed by atoms with Crippen LogP contribution in [0.3, 0.4) is 0 Å². The summed E-state index contributed by atoms with van der Waals surface area (Å²) in [6.07, 6.45) is 1.20. The average Bonchev–Trinajstić information content (AvgIpc) is 2.28. The summed E-state index contributed by atoms with van der Waals surface area (Å²) in [5.74, 6) is 1.61. The summed E-state index contributed by atoms with van der Waals surface area (Å²) in [5, 5.41) is 0.827. The minimum absolute atomic E-state index is 0.212. The SMILES string of the molecule is CCC(C)Oc1cc(CBr)ccc1OC. The van der Waals surface area contributed by atoms with Crippen LogP contribution in [0.15, 0.2) is 18.2 Å². The molecule has 0 saturated heterocycles. The highest BCUT2D eigenvalue weighted by atomic mass is 79.9. The molecular weight excluding hydrogens is 256 g/mol. The molecule has 1 unspecified atom stereocenters. The fourth-order valence-corrected chi connectivity index (χ4v) is 1.55. The Hall–Kier alpha value is -0.700. The molecule has 1 atom stereocenters. The molecule has 1 aromatic rings. The Kier molecular flexibility index (Phi) is 4.95. The van der Waals surface area contributed by atoms with Gasteiger partial charge in [-0.15, -0.1) is 0 Å². The molecule has 0 aliphatic carbocycles. The predicted molar refractivity (Wildman–Crippen MR) is 66.0 cm³/mol. The molecule has 0 aliphatic rings. The van der Waals surface area contributed by atoms with E-state index in [1.807, 2.05) is 18.2 Å². The molecule has 2 nitrogen and oxygen atoms in total. The van der Waals surface area contributed by atoms with Crippen LogP contribution in [0.25, 0.3) is 0 Å². The average molecular weight is 273 g/mol. The number of alkyl halides is 1. The van der Waals surface area contributed by atoms with Crippen LogP contribution < -0.4 is 9.47 Å². The summed E-state index contributed by atoms with van der Waals surface area (Å²) in [5.41, 5.74) is 1.19. The van der Waals surface area contributed by atoms with Crippen LogP contribution in [0, 0.1) is 0 Å². The van der Waals surface area contributed by atoms with E-state index in [0.29, 0.717) is 0 Å². The maximum Gasteiger partial charge on any atom is 0.161 e.